The first kappa shape index (κ1) is 23.3. The van der Waals surface area contributed by atoms with Gasteiger partial charge in [0.15, 0.2) is 0 Å². The molecule has 2 aliphatic rings. The number of fused-ring (bicyclic) bond motifs is 3. The number of rotatable bonds is 1. The second kappa shape index (κ2) is 9.98. The molecule has 0 N–H and O–H groups in total. The standard InChI is InChI=1S/C20H17.C3H6.2ClH.Zr/c1-13-14(2)20-17(11-16-9-5-6-10-18(16)20)12-19(13)15-7-3-4-8-15;1-3-2;;;/h3-10,15H,11H2,1-2H3;1-2H3;2*1H;/q-1;;;;+2/p-2. The Morgan fingerprint density at radius 3 is 2.19 bits per heavy atom. The minimum Gasteiger partial charge on any atom is -1.00 e. The monoisotopic (exact) mass is 459 g/mol. The summed E-state index contributed by atoms with van der Waals surface area (Å²) in [6.07, 6.45) is 9.81. The Labute approximate surface area is 184 Å². The Balaban J connectivity index is 0.000000516. The van der Waals surface area contributed by atoms with E-state index in [0.29, 0.717) is 5.92 Å². The van der Waals surface area contributed by atoms with E-state index >= 15 is 0 Å². The number of halogens is 2. The summed E-state index contributed by atoms with van der Waals surface area (Å²) in [5, 5.41) is 0. The molecule has 0 spiro atoms. The Morgan fingerprint density at radius 1 is 1.00 bits per heavy atom. The zero-order valence-corrected chi connectivity index (χ0v) is 19.6. The molecule has 3 heteroatoms. The van der Waals surface area contributed by atoms with Gasteiger partial charge in [0.1, 0.15) is 0 Å². The summed E-state index contributed by atoms with van der Waals surface area (Å²) >= 11 is 1.55. The van der Waals surface area contributed by atoms with E-state index < -0.39 is 0 Å². The molecule has 0 nitrogen and oxygen atoms in total. The van der Waals surface area contributed by atoms with Crippen molar-refractivity contribution in [3.8, 4) is 11.1 Å². The van der Waals surface area contributed by atoms with Crippen molar-refractivity contribution in [1.29, 1.82) is 0 Å². The number of allylic oxidation sites excluding steroid dienone is 4. The zero-order chi connectivity index (χ0) is 17.3. The molecule has 0 heterocycles. The van der Waals surface area contributed by atoms with Crippen molar-refractivity contribution in [1.82, 2.24) is 0 Å². The van der Waals surface area contributed by atoms with E-state index in [-0.39, 0.29) is 24.8 Å². The molecule has 0 bridgehead atoms. The molecule has 0 aliphatic heterocycles. The molecule has 0 amide bonds. The first-order valence-electron chi connectivity index (χ1n) is 8.49. The molecule has 2 aromatic rings. The number of hydrogen-bond donors (Lipinski definition) is 0. The van der Waals surface area contributed by atoms with Crippen LogP contribution in [-0.2, 0) is 30.7 Å². The van der Waals surface area contributed by atoms with Crippen LogP contribution in [0.5, 0.6) is 0 Å². The molecule has 26 heavy (non-hydrogen) atoms. The van der Waals surface area contributed by atoms with E-state index in [4.69, 9.17) is 0 Å². The zero-order valence-electron chi connectivity index (χ0n) is 15.7. The molecule has 0 saturated heterocycles. The van der Waals surface area contributed by atoms with Crippen molar-refractivity contribution < 1.29 is 49.0 Å². The second-order valence-electron chi connectivity index (χ2n) is 6.77. The molecule has 0 fully saturated rings. The van der Waals surface area contributed by atoms with E-state index in [2.05, 4.69) is 82.3 Å². The summed E-state index contributed by atoms with van der Waals surface area (Å²) in [4.78, 5) is 0. The van der Waals surface area contributed by atoms with Crippen LogP contribution in [-0.4, -0.2) is 3.21 Å². The normalized spacial score (nSPS) is 13.2. The Hall–Kier alpha value is -0.747. The second-order valence-corrected chi connectivity index (χ2v) is 9.23. The first-order valence-corrected chi connectivity index (χ1v) is 9.72. The molecular formula is C23H23Cl2Zr-. The van der Waals surface area contributed by atoms with Gasteiger partial charge in [0.05, 0.1) is 0 Å². The third-order valence-electron chi connectivity index (χ3n) is 4.66. The van der Waals surface area contributed by atoms with Crippen LogP contribution < -0.4 is 24.8 Å². The van der Waals surface area contributed by atoms with Crippen molar-refractivity contribution in [2.24, 2.45) is 0 Å². The van der Waals surface area contributed by atoms with Crippen molar-refractivity contribution in [3.05, 3.63) is 82.5 Å². The maximum Gasteiger partial charge on any atom is -0.00191 e. The van der Waals surface area contributed by atoms with Crippen LogP contribution in [0.1, 0.15) is 47.6 Å². The third-order valence-corrected chi connectivity index (χ3v) is 4.66. The van der Waals surface area contributed by atoms with Gasteiger partial charge in [-0.1, -0.05) is 73.5 Å². The fourth-order valence-corrected chi connectivity index (χ4v) is 3.50. The van der Waals surface area contributed by atoms with E-state index in [1.54, 1.807) is 24.2 Å². The Morgan fingerprint density at radius 2 is 1.58 bits per heavy atom. The molecule has 2 aromatic carbocycles. The van der Waals surface area contributed by atoms with Gasteiger partial charge in [-0.15, -0.1) is 22.3 Å². The maximum absolute atomic E-state index is 3.72. The summed E-state index contributed by atoms with van der Waals surface area (Å²) < 4.78 is 1.51. The fourth-order valence-electron chi connectivity index (χ4n) is 3.50. The van der Waals surface area contributed by atoms with Crippen LogP contribution in [0.25, 0.3) is 11.1 Å². The van der Waals surface area contributed by atoms with Gasteiger partial charge in [0, 0.05) is 0 Å². The van der Waals surface area contributed by atoms with E-state index in [1.165, 1.54) is 42.2 Å². The van der Waals surface area contributed by atoms with Gasteiger partial charge in [0.25, 0.3) is 0 Å². The quantitative estimate of drug-likeness (QED) is 0.435. The summed E-state index contributed by atoms with van der Waals surface area (Å²) in [6, 6.07) is 12.5. The Kier molecular flexibility index (Phi) is 8.94. The third kappa shape index (κ3) is 4.75. The first-order chi connectivity index (χ1) is 11.5. The van der Waals surface area contributed by atoms with Crippen LogP contribution >= 0.6 is 0 Å². The van der Waals surface area contributed by atoms with E-state index in [1.807, 2.05) is 0 Å². The predicted molar refractivity (Wildman–Crippen MR) is 100 cm³/mol. The van der Waals surface area contributed by atoms with E-state index in [0.717, 1.165) is 6.42 Å². The van der Waals surface area contributed by atoms with Crippen molar-refractivity contribution in [2.45, 2.75) is 40.0 Å². The molecule has 0 aromatic heterocycles. The summed E-state index contributed by atoms with van der Waals surface area (Å²) in [5.74, 6) is 0.405. The van der Waals surface area contributed by atoms with Crippen molar-refractivity contribution in [2.75, 3.05) is 0 Å². The van der Waals surface area contributed by atoms with Crippen LogP contribution in [0.4, 0.5) is 0 Å². The molecule has 134 valence electrons. The smallest absolute Gasteiger partial charge is 0.00191 e. The van der Waals surface area contributed by atoms with Crippen molar-refractivity contribution in [3.63, 3.8) is 0 Å². The van der Waals surface area contributed by atoms with E-state index in [9.17, 15) is 0 Å². The van der Waals surface area contributed by atoms with Gasteiger partial charge in [-0.2, -0.15) is 11.6 Å². The Bertz CT molecular complexity index is 847. The molecule has 4 rings (SSSR count). The topological polar surface area (TPSA) is 0 Å². The van der Waals surface area contributed by atoms with Gasteiger partial charge in [-0.25, -0.2) is 0 Å². The predicted octanol–water partition coefficient (Wildman–Crippen LogP) is -0.362. The van der Waals surface area contributed by atoms with Crippen LogP contribution in [0.2, 0.25) is 0 Å². The molecule has 0 unspecified atom stereocenters. The van der Waals surface area contributed by atoms with Crippen LogP contribution in [0.15, 0.2) is 48.6 Å². The largest absolute Gasteiger partial charge is 1.00 e. The average Bonchev–Trinajstić information content (AvgIpc) is 3.17. The number of benzene rings is 2. The van der Waals surface area contributed by atoms with Crippen LogP contribution in [0.3, 0.4) is 0 Å². The van der Waals surface area contributed by atoms with Gasteiger partial charge in [0.2, 0.25) is 0 Å². The molecule has 0 atom stereocenters. The van der Waals surface area contributed by atoms with Gasteiger partial charge in [-0.3, -0.25) is 0 Å². The average molecular weight is 462 g/mol. The van der Waals surface area contributed by atoms with Gasteiger partial charge in [-0.05, 0) is 12.3 Å². The van der Waals surface area contributed by atoms with Gasteiger partial charge < -0.3 is 24.8 Å². The minimum absolute atomic E-state index is 0. The maximum atomic E-state index is 3.72. The molecule has 0 radical (unpaired) electrons. The number of hydrogen-bond acceptors (Lipinski definition) is 0. The summed E-state index contributed by atoms with van der Waals surface area (Å²) in [5.41, 5.74) is 9.80. The molecule has 2 aliphatic carbocycles. The molecule has 0 saturated carbocycles. The van der Waals surface area contributed by atoms with Gasteiger partial charge >= 0.3 is 41.3 Å². The fraction of sp³-hybridized carbons (Fsp3) is 0.261. The minimum atomic E-state index is 0. The molecular weight excluding hydrogens is 438 g/mol. The van der Waals surface area contributed by atoms with Crippen molar-refractivity contribution >= 4 is 3.21 Å². The summed E-state index contributed by atoms with van der Waals surface area (Å²) in [6.45, 7) is 8.75. The SMILES string of the molecule is C[C](C)=[Zr+2].Cc1c(C2C=CC=C2)[c-]c2c(c1C)-c1ccccc1C2.[Cl-].[Cl-]. The van der Waals surface area contributed by atoms with Crippen LogP contribution in [0, 0.1) is 19.9 Å². The summed E-state index contributed by atoms with van der Waals surface area (Å²) in [7, 11) is 0.